The van der Waals surface area contributed by atoms with Crippen LogP contribution in [0.4, 0.5) is 0 Å². The minimum absolute atomic E-state index is 0.393. The summed E-state index contributed by atoms with van der Waals surface area (Å²) < 4.78 is 7.49. The fraction of sp³-hybridized carbons (Fsp3) is 0.286. The second kappa shape index (κ2) is 7.70. The number of allylic oxidation sites excluding steroid dienone is 1. The molecule has 0 radical (unpaired) electrons. The van der Waals surface area contributed by atoms with Crippen molar-refractivity contribution in [1.29, 1.82) is 0 Å². The van der Waals surface area contributed by atoms with Crippen LogP contribution in [0.2, 0.25) is 0 Å². The van der Waals surface area contributed by atoms with Gasteiger partial charge in [-0.15, -0.1) is 11.3 Å². The molecule has 2 aromatic heterocycles. The number of aromatic nitrogens is 2. The molecule has 4 aromatic rings. The van der Waals surface area contributed by atoms with E-state index in [0.29, 0.717) is 18.4 Å². The van der Waals surface area contributed by atoms with Crippen LogP contribution in [0.5, 0.6) is 5.75 Å². The molecule has 2 aliphatic heterocycles. The van der Waals surface area contributed by atoms with Crippen molar-refractivity contribution in [3.63, 3.8) is 0 Å². The third-order valence-electron chi connectivity index (χ3n) is 6.59. The van der Waals surface area contributed by atoms with Gasteiger partial charge >= 0.3 is 0 Å². The van der Waals surface area contributed by atoms with Gasteiger partial charge in [-0.3, -0.25) is 4.99 Å². The Morgan fingerprint density at radius 2 is 1.76 bits per heavy atom. The Kier molecular flexibility index (Phi) is 4.77. The average molecular weight is 454 g/mol. The summed E-state index contributed by atoms with van der Waals surface area (Å²) in [6.45, 7) is 9.30. The van der Waals surface area contributed by atoms with E-state index in [1.165, 1.54) is 37.4 Å². The lowest BCUT2D eigenvalue weighted by atomic mass is 9.94. The summed E-state index contributed by atoms with van der Waals surface area (Å²) >= 11 is 1.81. The van der Waals surface area contributed by atoms with Gasteiger partial charge in [-0.05, 0) is 34.1 Å². The molecule has 0 saturated heterocycles. The predicted molar refractivity (Wildman–Crippen MR) is 138 cm³/mol. The maximum Gasteiger partial charge on any atom is 0.145 e. The van der Waals surface area contributed by atoms with E-state index in [2.05, 4.69) is 80.1 Å². The third-order valence-corrected chi connectivity index (χ3v) is 7.79. The largest absolute Gasteiger partial charge is 0.485 e. The smallest absolute Gasteiger partial charge is 0.145 e. The van der Waals surface area contributed by atoms with E-state index in [1.807, 2.05) is 17.5 Å². The Hall–Kier alpha value is -3.18. The lowest BCUT2D eigenvalue weighted by molar-refractivity contribution is 0.350. The highest BCUT2D eigenvalue weighted by Gasteiger charge is 2.29. The van der Waals surface area contributed by atoms with Crippen molar-refractivity contribution in [2.24, 2.45) is 10.9 Å². The second-order valence-electron chi connectivity index (χ2n) is 9.53. The van der Waals surface area contributed by atoms with Crippen LogP contribution in [-0.4, -0.2) is 22.3 Å². The van der Waals surface area contributed by atoms with Crippen LogP contribution in [-0.2, 0) is 0 Å². The summed E-state index contributed by atoms with van der Waals surface area (Å²) in [6, 6.07) is 15.5. The van der Waals surface area contributed by atoms with E-state index in [4.69, 9.17) is 9.73 Å². The molecule has 0 aliphatic carbocycles. The summed E-state index contributed by atoms with van der Waals surface area (Å²) in [5, 5.41) is 1.24. The molecular formula is C28H27N3OS. The van der Waals surface area contributed by atoms with E-state index in [0.717, 1.165) is 34.9 Å². The monoisotopic (exact) mass is 453 g/mol. The summed E-state index contributed by atoms with van der Waals surface area (Å²) in [6.07, 6.45) is 2.87. The third kappa shape index (κ3) is 3.42. The first kappa shape index (κ1) is 20.4. The molecule has 0 amide bonds. The van der Waals surface area contributed by atoms with Gasteiger partial charge < -0.3 is 9.72 Å². The molecule has 0 atom stereocenters. The predicted octanol–water partition coefficient (Wildman–Crippen LogP) is 7.69. The lowest BCUT2D eigenvalue weighted by Gasteiger charge is -2.19. The fourth-order valence-corrected chi connectivity index (χ4v) is 5.76. The van der Waals surface area contributed by atoms with Gasteiger partial charge in [0.2, 0.25) is 0 Å². The van der Waals surface area contributed by atoms with E-state index >= 15 is 0 Å². The molecule has 0 fully saturated rings. The maximum absolute atomic E-state index is 6.26. The van der Waals surface area contributed by atoms with Gasteiger partial charge in [-0.1, -0.05) is 64.1 Å². The van der Waals surface area contributed by atoms with Gasteiger partial charge in [0, 0.05) is 28.5 Å². The minimum Gasteiger partial charge on any atom is -0.485 e. The highest BCUT2D eigenvalue weighted by Crippen LogP contribution is 2.47. The van der Waals surface area contributed by atoms with Crippen molar-refractivity contribution in [2.75, 3.05) is 6.61 Å². The van der Waals surface area contributed by atoms with Gasteiger partial charge in [0.1, 0.15) is 18.2 Å². The molecule has 4 heterocycles. The molecule has 4 nitrogen and oxygen atoms in total. The van der Waals surface area contributed by atoms with E-state index in [1.54, 1.807) is 0 Å². The zero-order chi connectivity index (χ0) is 22.7. The molecule has 2 aromatic carbocycles. The Labute approximate surface area is 198 Å². The van der Waals surface area contributed by atoms with Crippen LogP contribution in [0.1, 0.15) is 51.4 Å². The minimum atomic E-state index is 0.393. The number of nitrogens with one attached hydrogen (secondary N) is 1. The maximum atomic E-state index is 6.26. The topological polar surface area (TPSA) is 50.3 Å². The molecule has 166 valence electrons. The number of H-pyrrole nitrogens is 1. The summed E-state index contributed by atoms with van der Waals surface area (Å²) in [5.41, 5.74) is 8.38. The van der Waals surface area contributed by atoms with Crippen LogP contribution >= 0.6 is 11.3 Å². The van der Waals surface area contributed by atoms with Crippen molar-refractivity contribution >= 4 is 32.7 Å². The first-order valence-electron chi connectivity index (χ1n) is 11.6. The molecular weight excluding hydrogens is 426 g/mol. The van der Waals surface area contributed by atoms with Crippen LogP contribution < -0.4 is 4.74 Å². The first-order valence-corrected chi connectivity index (χ1v) is 12.4. The summed E-state index contributed by atoms with van der Waals surface area (Å²) in [4.78, 5) is 14.0. The van der Waals surface area contributed by atoms with Crippen LogP contribution in [0.3, 0.4) is 0 Å². The number of aromatic amines is 1. The molecule has 0 unspecified atom stereocenters. The van der Waals surface area contributed by atoms with Crippen molar-refractivity contribution in [1.82, 2.24) is 9.97 Å². The number of benzene rings is 2. The van der Waals surface area contributed by atoms with Gasteiger partial charge in [0.25, 0.3) is 0 Å². The zero-order valence-corrected chi connectivity index (χ0v) is 20.2. The summed E-state index contributed by atoms with van der Waals surface area (Å²) in [7, 11) is 0. The quantitative estimate of drug-likeness (QED) is 0.344. The molecule has 6 rings (SSSR count). The van der Waals surface area contributed by atoms with Gasteiger partial charge in [0.05, 0.1) is 22.3 Å². The standard InChI is InChI=1S/C28H27N3OS/c1-15(2)22-12-21-20-10-9-19-11-25(33-27(19)26(20)32-14-24(21)30-22)18-7-5-17(6-8-18)23-13-29-28(31-23)16(3)4/h5-11,13,15-16H,12,14H2,1-4H3,(H,29,31). The van der Waals surface area contributed by atoms with Crippen molar-refractivity contribution in [2.45, 2.75) is 40.0 Å². The van der Waals surface area contributed by atoms with Gasteiger partial charge in [-0.25, -0.2) is 4.98 Å². The van der Waals surface area contributed by atoms with Gasteiger partial charge in [0.15, 0.2) is 0 Å². The Morgan fingerprint density at radius 1 is 0.970 bits per heavy atom. The Balaban J connectivity index is 1.33. The molecule has 2 aliphatic rings. The van der Waals surface area contributed by atoms with Crippen LogP contribution in [0.15, 0.2) is 59.4 Å². The number of imidazole rings is 1. The highest BCUT2D eigenvalue weighted by molar-refractivity contribution is 7.22. The van der Waals surface area contributed by atoms with Gasteiger partial charge in [-0.2, -0.15) is 0 Å². The number of rotatable bonds is 4. The molecule has 0 saturated carbocycles. The molecule has 0 bridgehead atoms. The SMILES string of the molecule is CC(C)C1=NC2=C(C1)c1ccc3cc(-c4ccc(-c5cnc(C(C)C)[nH]5)cc4)sc3c1OC2. The van der Waals surface area contributed by atoms with E-state index in [-0.39, 0.29) is 0 Å². The molecule has 33 heavy (non-hydrogen) atoms. The number of aliphatic imine (C=N–C) groups is 1. The number of hydrogen-bond acceptors (Lipinski definition) is 4. The van der Waals surface area contributed by atoms with Crippen molar-refractivity contribution < 1.29 is 4.74 Å². The number of hydrogen-bond donors (Lipinski definition) is 1. The van der Waals surface area contributed by atoms with E-state index < -0.39 is 0 Å². The first-order chi connectivity index (χ1) is 16.0. The normalized spacial score (nSPS) is 15.3. The number of fused-ring (bicyclic) bond motifs is 4. The molecule has 5 heteroatoms. The van der Waals surface area contributed by atoms with Crippen LogP contribution in [0, 0.1) is 5.92 Å². The Bertz CT molecular complexity index is 1430. The van der Waals surface area contributed by atoms with Crippen LogP contribution in [0.25, 0.3) is 37.4 Å². The van der Waals surface area contributed by atoms with Crippen molar-refractivity contribution in [3.8, 4) is 27.4 Å². The zero-order valence-electron chi connectivity index (χ0n) is 19.4. The number of thiophene rings is 1. The number of ether oxygens (including phenoxy) is 1. The number of nitrogens with zero attached hydrogens (tertiary/aromatic N) is 2. The summed E-state index contributed by atoms with van der Waals surface area (Å²) in [5.74, 6) is 2.91. The molecule has 0 spiro atoms. The fourth-order valence-electron chi connectivity index (χ4n) is 4.60. The average Bonchev–Trinajstić information content (AvgIpc) is 3.56. The Morgan fingerprint density at radius 3 is 2.48 bits per heavy atom. The lowest BCUT2D eigenvalue weighted by Crippen LogP contribution is -2.08. The van der Waals surface area contributed by atoms with E-state index in [9.17, 15) is 0 Å². The highest BCUT2D eigenvalue weighted by atomic mass is 32.1. The second-order valence-corrected chi connectivity index (χ2v) is 10.6. The van der Waals surface area contributed by atoms with Crippen molar-refractivity contribution in [3.05, 3.63) is 65.7 Å². The molecule has 1 N–H and O–H groups in total.